The second-order valence-electron chi connectivity index (χ2n) is 4.05. The Hall–Kier alpha value is -2.39. The van der Waals surface area contributed by atoms with Crippen LogP contribution in [0.1, 0.15) is 10.4 Å². The number of nitrogens with zero attached hydrogens (tertiary/aromatic N) is 1. The van der Waals surface area contributed by atoms with Crippen LogP contribution in [0.2, 0.25) is 0 Å². The van der Waals surface area contributed by atoms with Gasteiger partial charge >= 0.3 is 0 Å². The van der Waals surface area contributed by atoms with Crippen LogP contribution in [0.3, 0.4) is 0 Å². The van der Waals surface area contributed by atoms with E-state index in [1.165, 1.54) is 18.2 Å². The molecule has 0 aliphatic rings. The van der Waals surface area contributed by atoms with Crippen LogP contribution in [0.15, 0.2) is 46.9 Å². The van der Waals surface area contributed by atoms with Gasteiger partial charge in [-0.1, -0.05) is 6.07 Å². The molecule has 2 aromatic carbocycles. The number of halogens is 2. The molecule has 0 spiro atoms. The molecule has 0 saturated heterocycles. The van der Waals surface area contributed by atoms with E-state index in [1.54, 1.807) is 24.3 Å². The van der Waals surface area contributed by atoms with Crippen LogP contribution < -0.4 is 10.1 Å². The molecule has 1 amide bonds. The predicted molar refractivity (Wildman–Crippen MR) is 79.6 cm³/mol. The molecule has 0 aromatic heterocycles. The highest BCUT2D eigenvalue weighted by Gasteiger charge is 2.11. The van der Waals surface area contributed by atoms with Crippen LogP contribution in [0.25, 0.3) is 0 Å². The van der Waals surface area contributed by atoms with Gasteiger partial charge < -0.3 is 10.1 Å². The Balaban J connectivity index is 2.14. The molecule has 0 heterocycles. The lowest BCUT2D eigenvalue weighted by Crippen LogP contribution is -2.12. The van der Waals surface area contributed by atoms with Crippen molar-refractivity contribution >= 4 is 27.5 Å². The molecule has 0 fully saturated rings. The Morgan fingerprint density at radius 2 is 2.14 bits per heavy atom. The molecule has 0 unspecified atom stereocenters. The number of carbonyl (C=O) groups excluding carboxylic acids is 1. The van der Waals surface area contributed by atoms with E-state index >= 15 is 0 Å². The van der Waals surface area contributed by atoms with Crippen LogP contribution in [0.5, 0.6) is 5.75 Å². The minimum atomic E-state index is -0.426. The van der Waals surface area contributed by atoms with Crippen LogP contribution >= 0.6 is 15.9 Å². The summed E-state index contributed by atoms with van der Waals surface area (Å²) in [6.45, 7) is -0.0685. The first kappa shape index (κ1) is 15.0. The van der Waals surface area contributed by atoms with E-state index in [0.29, 0.717) is 21.5 Å². The van der Waals surface area contributed by atoms with E-state index in [2.05, 4.69) is 21.2 Å². The molecule has 0 bridgehead atoms. The average Bonchev–Trinajstić information content (AvgIpc) is 2.45. The van der Waals surface area contributed by atoms with Gasteiger partial charge in [0.2, 0.25) is 0 Å². The molecule has 6 heteroatoms. The Morgan fingerprint density at radius 3 is 2.86 bits per heavy atom. The van der Waals surface area contributed by atoms with Gasteiger partial charge in [0.05, 0.1) is 5.56 Å². The first-order valence-electron chi connectivity index (χ1n) is 5.96. The van der Waals surface area contributed by atoms with Crippen molar-refractivity contribution in [2.45, 2.75) is 0 Å². The number of ether oxygens (including phenoxy) is 1. The van der Waals surface area contributed by atoms with Gasteiger partial charge in [-0.15, -0.1) is 0 Å². The van der Waals surface area contributed by atoms with Crippen molar-refractivity contribution in [1.82, 2.24) is 0 Å². The summed E-state index contributed by atoms with van der Waals surface area (Å²) in [6.07, 6.45) is 0. The van der Waals surface area contributed by atoms with Crippen molar-refractivity contribution in [3.63, 3.8) is 0 Å². The standard InChI is InChI=1S/C15H10BrFN2O2/c16-14-8-10(17)4-5-13(14)15(20)19-11-2-1-3-12(9-11)21-7-6-18/h1-5,8-9H,7H2,(H,19,20). The van der Waals surface area contributed by atoms with Crippen molar-refractivity contribution in [3.05, 3.63) is 58.3 Å². The fourth-order valence-corrected chi connectivity index (χ4v) is 2.18. The van der Waals surface area contributed by atoms with E-state index in [9.17, 15) is 9.18 Å². The van der Waals surface area contributed by atoms with Gasteiger partial charge in [0.25, 0.3) is 5.91 Å². The van der Waals surface area contributed by atoms with Gasteiger partial charge in [-0.2, -0.15) is 5.26 Å². The summed E-state index contributed by atoms with van der Waals surface area (Å²) in [4.78, 5) is 12.1. The summed E-state index contributed by atoms with van der Waals surface area (Å²) in [6, 6.07) is 12.4. The van der Waals surface area contributed by atoms with Gasteiger partial charge in [-0.05, 0) is 46.3 Å². The quantitative estimate of drug-likeness (QED) is 0.915. The van der Waals surface area contributed by atoms with Crippen molar-refractivity contribution in [2.75, 3.05) is 11.9 Å². The fraction of sp³-hybridized carbons (Fsp3) is 0.0667. The van der Waals surface area contributed by atoms with Crippen molar-refractivity contribution < 1.29 is 13.9 Å². The molecule has 0 aliphatic heterocycles. The first-order valence-corrected chi connectivity index (χ1v) is 6.75. The number of rotatable bonds is 4. The largest absolute Gasteiger partial charge is 0.479 e. The lowest BCUT2D eigenvalue weighted by molar-refractivity contribution is 0.102. The lowest BCUT2D eigenvalue weighted by Gasteiger charge is -2.08. The number of amides is 1. The molecular formula is C15H10BrFN2O2. The van der Waals surface area contributed by atoms with E-state index < -0.39 is 5.82 Å². The minimum absolute atomic E-state index is 0.0685. The molecule has 0 radical (unpaired) electrons. The van der Waals surface area contributed by atoms with Crippen molar-refractivity contribution in [1.29, 1.82) is 5.26 Å². The van der Waals surface area contributed by atoms with Crippen LogP contribution in [-0.2, 0) is 0 Å². The smallest absolute Gasteiger partial charge is 0.256 e. The zero-order chi connectivity index (χ0) is 15.2. The monoisotopic (exact) mass is 348 g/mol. The van der Waals surface area contributed by atoms with Gasteiger partial charge in [0, 0.05) is 16.2 Å². The van der Waals surface area contributed by atoms with Gasteiger partial charge in [0.15, 0.2) is 6.61 Å². The summed E-state index contributed by atoms with van der Waals surface area (Å²) < 4.78 is 18.5. The third kappa shape index (κ3) is 4.04. The van der Waals surface area contributed by atoms with Crippen LogP contribution in [-0.4, -0.2) is 12.5 Å². The van der Waals surface area contributed by atoms with Crippen LogP contribution in [0, 0.1) is 17.1 Å². The second kappa shape index (κ2) is 6.86. The number of nitriles is 1. The molecule has 106 valence electrons. The maximum atomic E-state index is 13.0. The summed E-state index contributed by atoms with van der Waals surface area (Å²) in [5, 5.41) is 11.1. The molecule has 4 nitrogen and oxygen atoms in total. The summed E-state index contributed by atoms with van der Waals surface area (Å²) >= 11 is 3.15. The Morgan fingerprint density at radius 1 is 1.33 bits per heavy atom. The predicted octanol–water partition coefficient (Wildman–Crippen LogP) is 3.74. The lowest BCUT2D eigenvalue weighted by atomic mass is 10.2. The van der Waals surface area contributed by atoms with Crippen LogP contribution in [0.4, 0.5) is 10.1 Å². The topological polar surface area (TPSA) is 62.1 Å². The summed E-state index contributed by atoms with van der Waals surface area (Å²) in [7, 11) is 0. The normalized spacial score (nSPS) is 9.76. The molecule has 1 N–H and O–H groups in total. The highest BCUT2D eigenvalue weighted by molar-refractivity contribution is 9.10. The highest BCUT2D eigenvalue weighted by atomic mass is 79.9. The number of hydrogen-bond donors (Lipinski definition) is 1. The Labute approximate surface area is 129 Å². The highest BCUT2D eigenvalue weighted by Crippen LogP contribution is 2.21. The maximum absolute atomic E-state index is 13.0. The van der Waals surface area contributed by atoms with E-state index in [-0.39, 0.29) is 12.5 Å². The molecule has 21 heavy (non-hydrogen) atoms. The summed E-state index contributed by atoms with van der Waals surface area (Å²) in [5.41, 5.74) is 0.839. The summed E-state index contributed by atoms with van der Waals surface area (Å²) in [5.74, 6) is -0.322. The number of benzene rings is 2. The second-order valence-corrected chi connectivity index (χ2v) is 4.91. The zero-order valence-corrected chi connectivity index (χ0v) is 12.4. The molecule has 0 atom stereocenters. The fourth-order valence-electron chi connectivity index (χ4n) is 1.65. The number of hydrogen-bond acceptors (Lipinski definition) is 3. The van der Waals surface area contributed by atoms with E-state index in [0.717, 1.165) is 0 Å². The molecule has 0 aliphatic carbocycles. The SMILES string of the molecule is N#CCOc1cccc(NC(=O)c2ccc(F)cc2Br)c1. The average molecular weight is 349 g/mol. The minimum Gasteiger partial charge on any atom is -0.479 e. The molecule has 0 saturated carbocycles. The van der Waals surface area contributed by atoms with E-state index in [1.807, 2.05) is 6.07 Å². The maximum Gasteiger partial charge on any atom is 0.256 e. The number of anilines is 1. The Kier molecular flexibility index (Phi) is 4.90. The Bertz CT molecular complexity index is 713. The zero-order valence-electron chi connectivity index (χ0n) is 10.8. The molecular weight excluding hydrogens is 339 g/mol. The van der Waals surface area contributed by atoms with Gasteiger partial charge in [-0.25, -0.2) is 4.39 Å². The van der Waals surface area contributed by atoms with Crippen molar-refractivity contribution in [2.24, 2.45) is 0 Å². The molecule has 2 aromatic rings. The first-order chi connectivity index (χ1) is 10.1. The third-order valence-electron chi connectivity index (χ3n) is 2.57. The van der Waals surface area contributed by atoms with Gasteiger partial charge in [0.1, 0.15) is 17.6 Å². The molecule has 2 rings (SSSR count). The number of carbonyl (C=O) groups is 1. The third-order valence-corrected chi connectivity index (χ3v) is 3.23. The van der Waals surface area contributed by atoms with Crippen molar-refractivity contribution in [3.8, 4) is 11.8 Å². The van der Waals surface area contributed by atoms with E-state index in [4.69, 9.17) is 10.00 Å². The van der Waals surface area contributed by atoms with Gasteiger partial charge in [-0.3, -0.25) is 4.79 Å². The number of nitrogens with one attached hydrogen (secondary N) is 1.